The molecule has 0 fully saturated rings. The maximum atomic E-state index is 4.73. The van der Waals surface area contributed by atoms with Gasteiger partial charge in [0, 0.05) is 12.1 Å². The van der Waals surface area contributed by atoms with E-state index in [9.17, 15) is 0 Å². The van der Waals surface area contributed by atoms with Gasteiger partial charge in [-0.3, -0.25) is 3.96 Å². The van der Waals surface area contributed by atoms with Crippen molar-refractivity contribution in [3.8, 4) is 11.4 Å². The van der Waals surface area contributed by atoms with E-state index in [0.29, 0.717) is 0 Å². The van der Waals surface area contributed by atoms with Crippen LogP contribution in [0.1, 0.15) is 18.9 Å². The Balaban J connectivity index is 2.05. The third-order valence-electron chi connectivity index (χ3n) is 3.35. The monoisotopic (exact) mass is 309 g/mol. The van der Waals surface area contributed by atoms with Crippen LogP contribution in [-0.4, -0.2) is 8.94 Å². The van der Waals surface area contributed by atoms with Crippen LogP contribution in [0.3, 0.4) is 0 Å². The van der Waals surface area contributed by atoms with Gasteiger partial charge < -0.3 is 0 Å². The van der Waals surface area contributed by atoms with Gasteiger partial charge in [-0.05, 0) is 37.0 Å². The Morgan fingerprint density at radius 3 is 2.45 bits per heavy atom. The average molecular weight is 309 g/mol. The first-order chi connectivity index (χ1) is 10.8. The Bertz CT molecular complexity index is 798. The first kappa shape index (κ1) is 14.7. The van der Waals surface area contributed by atoms with Gasteiger partial charge >= 0.3 is 0 Å². The zero-order valence-electron chi connectivity index (χ0n) is 12.9. The van der Waals surface area contributed by atoms with Gasteiger partial charge in [0.05, 0.1) is 5.69 Å². The summed E-state index contributed by atoms with van der Waals surface area (Å²) in [6, 6.07) is 18.5. The molecule has 0 bridgehead atoms. The predicted molar refractivity (Wildman–Crippen MR) is 92.2 cm³/mol. The summed E-state index contributed by atoms with van der Waals surface area (Å²) in [6.45, 7) is 5.22. The fourth-order valence-corrected chi connectivity index (χ4v) is 3.21. The Kier molecular flexibility index (Phi) is 4.49. The minimum Gasteiger partial charge on any atom is -0.278 e. The van der Waals surface area contributed by atoms with Gasteiger partial charge in [0.25, 0.3) is 0 Å². The van der Waals surface area contributed by atoms with E-state index < -0.39 is 0 Å². The van der Waals surface area contributed by atoms with Crippen molar-refractivity contribution in [2.45, 2.75) is 26.8 Å². The van der Waals surface area contributed by atoms with Crippen LogP contribution in [0.25, 0.3) is 11.4 Å². The van der Waals surface area contributed by atoms with Crippen molar-refractivity contribution in [1.29, 1.82) is 0 Å². The van der Waals surface area contributed by atoms with E-state index in [1.807, 2.05) is 30.3 Å². The highest BCUT2D eigenvalue weighted by atomic mass is 32.1. The van der Waals surface area contributed by atoms with Crippen LogP contribution in [0.4, 0.5) is 5.69 Å². The molecule has 0 aliphatic heterocycles. The quantitative estimate of drug-likeness (QED) is 0.694. The van der Waals surface area contributed by atoms with E-state index in [4.69, 9.17) is 4.98 Å². The topological polar surface area (TPSA) is 30.2 Å². The van der Waals surface area contributed by atoms with Gasteiger partial charge in [0.1, 0.15) is 0 Å². The van der Waals surface area contributed by atoms with Gasteiger partial charge in [-0.1, -0.05) is 55.0 Å². The SMILES string of the molecule is CCCn1sc(=Nc2ccc(C)cc2)nc1-c1ccccc1. The number of rotatable bonds is 4. The van der Waals surface area contributed by atoms with Crippen LogP contribution in [0, 0.1) is 6.92 Å². The number of hydrogen-bond donors (Lipinski definition) is 0. The van der Waals surface area contributed by atoms with Crippen LogP contribution in [0.15, 0.2) is 59.6 Å². The Labute approximate surface area is 134 Å². The first-order valence-electron chi connectivity index (χ1n) is 7.51. The van der Waals surface area contributed by atoms with Crippen molar-refractivity contribution in [2.75, 3.05) is 0 Å². The summed E-state index contributed by atoms with van der Waals surface area (Å²) in [4.78, 5) is 10.2. The summed E-state index contributed by atoms with van der Waals surface area (Å²) in [7, 11) is 0. The van der Waals surface area contributed by atoms with Crippen molar-refractivity contribution in [3.63, 3.8) is 0 Å². The number of hydrogen-bond acceptors (Lipinski definition) is 3. The summed E-state index contributed by atoms with van der Waals surface area (Å²) < 4.78 is 2.22. The molecule has 0 aliphatic carbocycles. The molecule has 0 spiro atoms. The molecule has 22 heavy (non-hydrogen) atoms. The highest BCUT2D eigenvalue weighted by Gasteiger charge is 2.07. The van der Waals surface area contributed by atoms with E-state index in [0.717, 1.165) is 34.8 Å². The summed E-state index contributed by atoms with van der Waals surface area (Å²) in [6.07, 6.45) is 1.08. The van der Waals surface area contributed by atoms with Crippen LogP contribution >= 0.6 is 11.5 Å². The molecule has 0 saturated heterocycles. The molecule has 0 amide bonds. The largest absolute Gasteiger partial charge is 0.278 e. The van der Waals surface area contributed by atoms with Gasteiger partial charge in [-0.2, -0.15) is 4.98 Å². The maximum absolute atomic E-state index is 4.73. The van der Waals surface area contributed by atoms with Crippen LogP contribution in [0.2, 0.25) is 0 Å². The van der Waals surface area contributed by atoms with E-state index in [1.165, 1.54) is 5.56 Å². The minimum atomic E-state index is 0.802. The molecule has 2 aromatic carbocycles. The molecular formula is C18H19N3S. The second kappa shape index (κ2) is 6.71. The van der Waals surface area contributed by atoms with E-state index >= 15 is 0 Å². The molecule has 1 heterocycles. The molecule has 3 rings (SSSR count). The molecule has 112 valence electrons. The molecule has 0 unspecified atom stereocenters. The number of nitrogens with zero attached hydrogens (tertiary/aromatic N) is 3. The molecule has 3 aromatic rings. The van der Waals surface area contributed by atoms with E-state index in [1.54, 1.807) is 11.5 Å². The van der Waals surface area contributed by atoms with Crippen molar-refractivity contribution in [1.82, 2.24) is 8.94 Å². The van der Waals surface area contributed by atoms with Crippen molar-refractivity contribution in [2.24, 2.45) is 4.99 Å². The zero-order valence-corrected chi connectivity index (χ0v) is 13.7. The molecule has 0 saturated carbocycles. The Morgan fingerprint density at radius 1 is 1.05 bits per heavy atom. The summed E-state index contributed by atoms with van der Waals surface area (Å²) in [5.41, 5.74) is 3.32. The van der Waals surface area contributed by atoms with Crippen molar-refractivity contribution >= 4 is 17.2 Å². The predicted octanol–water partition coefficient (Wildman–Crippen LogP) is 4.56. The number of benzene rings is 2. The lowest BCUT2D eigenvalue weighted by molar-refractivity contribution is 0.731. The minimum absolute atomic E-state index is 0.802. The normalized spacial score (nSPS) is 11.8. The molecule has 1 aromatic heterocycles. The van der Waals surface area contributed by atoms with E-state index in [-0.39, 0.29) is 0 Å². The molecule has 4 heteroatoms. The Morgan fingerprint density at radius 2 is 1.77 bits per heavy atom. The smallest absolute Gasteiger partial charge is 0.227 e. The van der Waals surface area contributed by atoms with Crippen LogP contribution in [-0.2, 0) is 6.54 Å². The summed E-state index contributed by atoms with van der Waals surface area (Å²) in [5, 5.41) is 0. The highest BCUT2D eigenvalue weighted by Crippen LogP contribution is 2.18. The second-order valence-corrected chi connectivity index (χ2v) is 6.21. The lowest BCUT2D eigenvalue weighted by Gasteiger charge is -2.03. The standard InChI is InChI=1S/C18H19N3S/c1-3-13-21-17(15-7-5-4-6-8-15)20-18(22-21)19-16-11-9-14(2)10-12-16/h4-12H,3,13H2,1-2H3. The molecule has 0 atom stereocenters. The molecule has 0 radical (unpaired) electrons. The molecule has 3 nitrogen and oxygen atoms in total. The first-order valence-corrected chi connectivity index (χ1v) is 8.28. The van der Waals surface area contributed by atoms with Crippen LogP contribution < -0.4 is 4.80 Å². The summed E-state index contributed by atoms with van der Waals surface area (Å²) >= 11 is 1.62. The number of aryl methyl sites for hydroxylation is 2. The van der Waals surface area contributed by atoms with Crippen molar-refractivity contribution < 1.29 is 0 Å². The van der Waals surface area contributed by atoms with Gasteiger partial charge in [0.2, 0.25) is 4.80 Å². The second-order valence-electron chi connectivity index (χ2n) is 5.22. The molecule has 0 aliphatic rings. The molecule has 0 N–H and O–H groups in total. The third kappa shape index (κ3) is 3.34. The van der Waals surface area contributed by atoms with Crippen LogP contribution in [0.5, 0.6) is 0 Å². The highest BCUT2D eigenvalue weighted by molar-refractivity contribution is 7.03. The molecular weight excluding hydrogens is 290 g/mol. The fraction of sp³-hybridized carbons (Fsp3) is 0.222. The lowest BCUT2D eigenvalue weighted by atomic mass is 10.2. The zero-order chi connectivity index (χ0) is 15.4. The lowest BCUT2D eigenvalue weighted by Crippen LogP contribution is -1.97. The summed E-state index contributed by atoms with van der Waals surface area (Å²) in [5.74, 6) is 0.998. The maximum Gasteiger partial charge on any atom is 0.227 e. The third-order valence-corrected chi connectivity index (χ3v) is 4.27. The van der Waals surface area contributed by atoms with E-state index in [2.05, 4.69) is 47.1 Å². The van der Waals surface area contributed by atoms with Gasteiger partial charge in [-0.15, -0.1) is 0 Å². The average Bonchev–Trinajstić information content (AvgIpc) is 2.93. The van der Waals surface area contributed by atoms with Gasteiger partial charge in [0.15, 0.2) is 5.82 Å². The van der Waals surface area contributed by atoms with Crippen molar-refractivity contribution in [3.05, 3.63) is 65.0 Å². The fourth-order valence-electron chi connectivity index (χ4n) is 2.23. The van der Waals surface area contributed by atoms with Gasteiger partial charge in [-0.25, -0.2) is 4.99 Å². The Hall–Kier alpha value is -2.20. The number of aromatic nitrogens is 2.